The third-order valence-corrected chi connectivity index (χ3v) is 2.32. The van der Waals surface area contributed by atoms with Crippen molar-refractivity contribution in [2.75, 3.05) is 0 Å². The highest BCUT2D eigenvalue weighted by Gasteiger charge is 2.02. The molecular weight excluding hydrogens is 216 g/mol. The number of aliphatic hydroxyl groups excluding tert-OH is 1. The molecule has 66 valence electrons. The Morgan fingerprint density at radius 3 is 2.75 bits per heavy atom. The number of aliphatic hydroxyl groups is 1. The third-order valence-electron chi connectivity index (χ3n) is 1.83. The summed E-state index contributed by atoms with van der Waals surface area (Å²) >= 11 is 3.40. The molecule has 1 nitrogen and oxygen atoms in total. The van der Waals surface area contributed by atoms with Crippen LogP contribution in [-0.2, 0) is 6.42 Å². The Morgan fingerprint density at radius 2 is 2.17 bits per heavy atom. The predicted octanol–water partition coefficient (Wildman–Crippen LogP) is 2.68. The zero-order valence-corrected chi connectivity index (χ0v) is 8.93. The number of rotatable bonds is 2. The molecular formula is C10H13BrO. The van der Waals surface area contributed by atoms with Crippen LogP contribution >= 0.6 is 15.9 Å². The Bertz CT molecular complexity index is 269. The average Bonchev–Trinajstić information content (AvgIpc) is 1.96. The van der Waals surface area contributed by atoms with Crippen molar-refractivity contribution in [2.24, 2.45) is 0 Å². The van der Waals surface area contributed by atoms with Crippen LogP contribution < -0.4 is 0 Å². The first kappa shape index (κ1) is 9.75. The fourth-order valence-corrected chi connectivity index (χ4v) is 1.59. The van der Waals surface area contributed by atoms with E-state index in [1.807, 2.05) is 6.07 Å². The summed E-state index contributed by atoms with van der Waals surface area (Å²) in [7, 11) is 0. The largest absolute Gasteiger partial charge is 0.393 e. The first-order chi connectivity index (χ1) is 5.59. The van der Waals surface area contributed by atoms with E-state index in [-0.39, 0.29) is 6.10 Å². The van der Waals surface area contributed by atoms with Gasteiger partial charge < -0.3 is 5.11 Å². The molecule has 0 spiro atoms. The van der Waals surface area contributed by atoms with Crippen molar-refractivity contribution in [2.45, 2.75) is 26.4 Å². The van der Waals surface area contributed by atoms with Crippen LogP contribution in [0.3, 0.4) is 0 Å². The van der Waals surface area contributed by atoms with Crippen LogP contribution in [0, 0.1) is 6.92 Å². The highest BCUT2D eigenvalue weighted by atomic mass is 79.9. The normalized spacial score (nSPS) is 13.0. The molecule has 0 heterocycles. The summed E-state index contributed by atoms with van der Waals surface area (Å²) in [6.45, 7) is 3.87. The van der Waals surface area contributed by atoms with E-state index in [9.17, 15) is 5.11 Å². The predicted molar refractivity (Wildman–Crippen MR) is 54.3 cm³/mol. The van der Waals surface area contributed by atoms with Crippen molar-refractivity contribution in [1.29, 1.82) is 0 Å². The van der Waals surface area contributed by atoms with Gasteiger partial charge in [-0.05, 0) is 43.5 Å². The minimum absolute atomic E-state index is 0.266. The number of hydrogen-bond donors (Lipinski definition) is 1. The zero-order chi connectivity index (χ0) is 9.14. The van der Waals surface area contributed by atoms with E-state index in [0.29, 0.717) is 0 Å². The van der Waals surface area contributed by atoms with Gasteiger partial charge in [0.25, 0.3) is 0 Å². The number of aryl methyl sites for hydroxylation is 1. The first-order valence-electron chi connectivity index (χ1n) is 4.02. The smallest absolute Gasteiger partial charge is 0.0552 e. The summed E-state index contributed by atoms with van der Waals surface area (Å²) in [5.74, 6) is 0. The standard InChI is InChI=1S/C10H13BrO/c1-7-3-4-10(11)6-9(7)5-8(2)12/h3-4,6,8,12H,5H2,1-2H3. The molecule has 1 atom stereocenters. The molecule has 0 aliphatic carbocycles. The van der Waals surface area contributed by atoms with Crippen LogP contribution in [0.1, 0.15) is 18.1 Å². The summed E-state index contributed by atoms with van der Waals surface area (Å²) in [4.78, 5) is 0. The van der Waals surface area contributed by atoms with Crippen LogP contribution in [0.15, 0.2) is 22.7 Å². The molecule has 0 amide bonds. The monoisotopic (exact) mass is 228 g/mol. The maximum Gasteiger partial charge on any atom is 0.0552 e. The molecule has 0 bridgehead atoms. The maximum atomic E-state index is 9.21. The van der Waals surface area contributed by atoms with Crippen molar-refractivity contribution in [3.8, 4) is 0 Å². The SMILES string of the molecule is Cc1ccc(Br)cc1CC(C)O. The van der Waals surface area contributed by atoms with E-state index < -0.39 is 0 Å². The number of halogens is 1. The quantitative estimate of drug-likeness (QED) is 0.826. The van der Waals surface area contributed by atoms with Crippen LogP contribution in [-0.4, -0.2) is 11.2 Å². The molecule has 1 aromatic rings. The molecule has 12 heavy (non-hydrogen) atoms. The maximum absolute atomic E-state index is 9.21. The highest BCUT2D eigenvalue weighted by molar-refractivity contribution is 9.10. The van der Waals surface area contributed by atoms with Gasteiger partial charge in [-0.3, -0.25) is 0 Å². The van der Waals surface area contributed by atoms with E-state index in [4.69, 9.17) is 0 Å². The van der Waals surface area contributed by atoms with Gasteiger partial charge in [0, 0.05) is 4.47 Å². The van der Waals surface area contributed by atoms with E-state index in [1.54, 1.807) is 6.92 Å². The van der Waals surface area contributed by atoms with E-state index >= 15 is 0 Å². The first-order valence-corrected chi connectivity index (χ1v) is 4.82. The molecule has 0 aliphatic heterocycles. The number of benzene rings is 1. The Labute approximate surface area is 81.6 Å². The molecule has 2 heteroatoms. The lowest BCUT2D eigenvalue weighted by atomic mass is 10.0. The van der Waals surface area contributed by atoms with Gasteiger partial charge in [-0.2, -0.15) is 0 Å². The van der Waals surface area contributed by atoms with Gasteiger partial charge in [0.05, 0.1) is 6.10 Å². The highest BCUT2D eigenvalue weighted by Crippen LogP contribution is 2.17. The van der Waals surface area contributed by atoms with Gasteiger partial charge in [0.1, 0.15) is 0 Å². The van der Waals surface area contributed by atoms with Gasteiger partial charge in [0.15, 0.2) is 0 Å². The van der Waals surface area contributed by atoms with Crippen LogP contribution in [0.5, 0.6) is 0 Å². The summed E-state index contributed by atoms with van der Waals surface area (Å²) in [6, 6.07) is 6.13. The van der Waals surface area contributed by atoms with Crippen LogP contribution in [0.4, 0.5) is 0 Å². The van der Waals surface area contributed by atoms with Gasteiger partial charge in [-0.25, -0.2) is 0 Å². The topological polar surface area (TPSA) is 20.2 Å². The van der Waals surface area contributed by atoms with Gasteiger partial charge >= 0.3 is 0 Å². The molecule has 0 fully saturated rings. The second-order valence-electron chi connectivity index (χ2n) is 3.12. The average molecular weight is 229 g/mol. The fraction of sp³-hybridized carbons (Fsp3) is 0.400. The molecule has 0 saturated heterocycles. The number of hydrogen-bond acceptors (Lipinski definition) is 1. The lowest BCUT2D eigenvalue weighted by molar-refractivity contribution is 0.195. The van der Waals surface area contributed by atoms with Gasteiger partial charge in [-0.1, -0.05) is 22.0 Å². The summed E-state index contributed by atoms with van der Waals surface area (Å²) < 4.78 is 1.07. The molecule has 0 aliphatic rings. The summed E-state index contributed by atoms with van der Waals surface area (Å²) in [5.41, 5.74) is 2.44. The third kappa shape index (κ3) is 2.61. The molecule has 1 N–H and O–H groups in total. The molecule has 0 radical (unpaired) electrons. The van der Waals surface area contributed by atoms with Crippen molar-refractivity contribution >= 4 is 15.9 Å². The van der Waals surface area contributed by atoms with Crippen molar-refractivity contribution in [1.82, 2.24) is 0 Å². The minimum Gasteiger partial charge on any atom is -0.393 e. The minimum atomic E-state index is -0.266. The van der Waals surface area contributed by atoms with E-state index in [1.165, 1.54) is 11.1 Å². The molecule has 1 aromatic carbocycles. The van der Waals surface area contributed by atoms with Crippen molar-refractivity contribution in [3.63, 3.8) is 0 Å². The van der Waals surface area contributed by atoms with E-state index in [2.05, 4.69) is 35.0 Å². The lowest BCUT2D eigenvalue weighted by Gasteiger charge is -2.07. The molecule has 0 saturated carbocycles. The van der Waals surface area contributed by atoms with Crippen molar-refractivity contribution in [3.05, 3.63) is 33.8 Å². The lowest BCUT2D eigenvalue weighted by Crippen LogP contribution is -2.05. The van der Waals surface area contributed by atoms with E-state index in [0.717, 1.165) is 10.9 Å². The second-order valence-corrected chi connectivity index (χ2v) is 4.04. The molecule has 1 unspecified atom stereocenters. The summed E-state index contributed by atoms with van der Waals surface area (Å²) in [6.07, 6.45) is 0.462. The van der Waals surface area contributed by atoms with Crippen LogP contribution in [0.25, 0.3) is 0 Å². The summed E-state index contributed by atoms with van der Waals surface area (Å²) in [5, 5.41) is 9.21. The second kappa shape index (κ2) is 4.06. The Balaban J connectivity index is 2.90. The molecule has 1 rings (SSSR count). The van der Waals surface area contributed by atoms with Gasteiger partial charge in [0.2, 0.25) is 0 Å². The Hall–Kier alpha value is -0.340. The zero-order valence-electron chi connectivity index (χ0n) is 7.34. The Kier molecular flexibility index (Phi) is 3.29. The van der Waals surface area contributed by atoms with Gasteiger partial charge in [-0.15, -0.1) is 0 Å². The molecule has 0 aromatic heterocycles. The van der Waals surface area contributed by atoms with Crippen LogP contribution in [0.2, 0.25) is 0 Å². The van der Waals surface area contributed by atoms with Crippen molar-refractivity contribution < 1.29 is 5.11 Å². The fourth-order valence-electron chi connectivity index (χ4n) is 1.18. The Morgan fingerprint density at radius 1 is 1.50 bits per heavy atom.